The number of hydrogen-bond donors (Lipinski definition) is 0. The van der Waals surface area contributed by atoms with Crippen molar-refractivity contribution in [1.29, 1.82) is 0 Å². The summed E-state index contributed by atoms with van der Waals surface area (Å²) in [6.07, 6.45) is 6.07. The Labute approximate surface area is 140 Å². The zero-order valence-corrected chi connectivity index (χ0v) is 13.5. The molecule has 4 rings (SSSR count). The molecular weight excluding hydrogens is 305 g/mol. The number of halogens is 1. The van der Waals surface area contributed by atoms with Crippen LogP contribution >= 0.6 is 0 Å². The van der Waals surface area contributed by atoms with Gasteiger partial charge in [0.2, 0.25) is 5.91 Å². The lowest BCUT2D eigenvalue weighted by atomic mass is 9.99. The zero-order valence-electron chi connectivity index (χ0n) is 13.5. The molecule has 0 spiro atoms. The third kappa shape index (κ3) is 3.30. The largest absolute Gasteiger partial charge is 0.338 e. The van der Waals surface area contributed by atoms with E-state index in [2.05, 4.69) is 9.97 Å². The number of fused-ring (bicyclic) bond motifs is 1. The number of aromatic nitrogens is 2. The summed E-state index contributed by atoms with van der Waals surface area (Å²) in [5.41, 5.74) is 4.06. The smallest absolute Gasteiger partial charge is 0.223 e. The van der Waals surface area contributed by atoms with Crippen LogP contribution in [0.2, 0.25) is 0 Å². The van der Waals surface area contributed by atoms with Gasteiger partial charge in [-0.3, -0.25) is 4.79 Å². The van der Waals surface area contributed by atoms with Crippen molar-refractivity contribution >= 4 is 5.91 Å². The van der Waals surface area contributed by atoms with Crippen LogP contribution in [0.4, 0.5) is 4.39 Å². The van der Waals surface area contributed by atoms with Crippen molar-refractivity contribution < 1.29 is 9.18 Å². The quantitative estimate of drug-likeness (QED) is 0.868. The summed E-state index contributed by atoms with van der Waals surface area (Å²) in [6.45, 7) is 1.34. The fourth-order valence-corrected chi connectivity index (χ4v) is 3.26. The van der Waals surface area contributed by atoms with Crippen LogP contribution in [0.15, 0.2) is 30.6 Å². The maximum atomic E-state index is 13.1. The van der Waals surface area contributed by atoms with Gasteiger partial charge in [-0.25, -0.2) is 14.4 Å². The maximum Gasteiger partial charge on any atom is 0.223 e. The predicted molar refractivity (Wildman–Crippen MR) is 87.7 cm³/mol. The van der Waals surface area contributed by atoms with Crippen LogP contribution in [-0.4, -0.2) is 27.3 Å². The molecule has 1 saturated carbocycles. The average Bonchev–Trinajstić information content (AvgIpc) is 3.41. The predicted octanol–water partition coefficient (Wildman–Crippen LogP) is 2.89. The van der Waals surface area contributed by atoms with Gasteiger partial charge in [0.15, 0.2) is 0 Å². The topological polar surface area (TPSA) is 46.1 Å². The van der Waals surface area contributed by atoms with Crippen LogP contribution in [0.3, 0.4) is 0 Å². The monoisotopic (exact) mass is 325 g/mol. The molecule has 2 aromatic rings. The number of amides is 1. The molecule has 1 aromatic heterocycles. The van der Waals surface area contributed by atoms with Crippen molar-refractivity contribution in [3.63, 3.8) is 0 Å². The molecule has 0 unspecified atom stereocenters. The Kier molecular flexibility index (Phi) is 4.00. The summed E-state index contributed by atoms with van der Waals surface area (Å²) in [7, 11) is 0. The van der Waals surface area contributed by atoms with Crippen molar-refractivity contribution in [3.05, 3.63) is 58.9 Å². The molecule has 1 amide bonds. The Balaban J connectivity index is 1.54. The number of rotatable bonds is 4. The van der Waals surface area contributed by atoms with E-state index in [0.717, 1.165) is 35.5 Å². The van der Waals surface area contributed by atoms with Gasteiger partial charge in [0.25, 0.3) is 0 Å². The molecular formula is C19H20FN3O. The van der Waals surface area contributed by atoms with Gasteiger partial charge in [0.1, 0.15) is 12.1 Å². The molecule has 124 valence electrons. The van der Waals surface area contributed by atoms with Gasteiger partial charge in [0.05, 0.1) is 11.4 Å². The van der Waals surface area contributed by atoms with Crippen molar-refractivity contribution in [2.75, 3.05) is 6.54 Å². The second kappa shape index (κ2) is 6.30. The molecule has 0 saturated heterocycles. The minimum atomic E-state index is -0.236. The van der Waals surface area contributed by atoms with Gasteiger partial charge in [0, 0.05) is 37.9 Å². The molecule has 0 N–H and O–H groups in total. The van der Waals surface area contributed by atoms with Crippen LogP contribution in [0.25, 0.3) is 0 Å². The molecule has 4 nitrogen and oxygen atoms in total. The number of nitrogens with zero attached hydrogens (tertiary/aromatic N) is 3. The average molecular weight is 325 g/mol. The van der Waals surface area contributed by atoms with Crippen molar-refractivity contribution in [2.45, 2.75) is 38.6 Å². The minimum absolute atomic E-state index is 0.236. The number of carbonyl (C=O) groups excluding carboxylic acids is 1. The summed E-state index contributed by atoms with van der Waals surface area (Å²) >= 11 is 0. The minimum Gasteiger partial charge on any atom is -0.338 e. The highest BCUT2D eigenvalue weighted by Gasteiger charge is 2.29. The highest BCUT2D eigenvalue weighted by Crippen LogP contribution is 2.33. The van der Waals surface area contributed by atoms with Crippen LogP contribution < -0.4 is 0 Å². The lowest BCUT2D eigenvalue weighted by Gasteiger charge is -2.29. The lowest BCUT2D eigenvalue weighted by molar-refractivity contribution is -0.132. The molecule has 0 bridgehead atoms. The summed E-state index contributed by atoms with van der Waals surface area (Å²) in [6, 6.07) is 6.49. The van der Waals surface area contributed by atoms with E-state index in [9.17, 15) is 9.18 Å². The van der Waals surface area contributed by atoms with Crippen LogP contribution in [0.1, 0.15) is 41.8 Å². The maximum absolute atomic E-state index is 13.1. The molecule has 24 heavy (non-hydrogen) atoms. The van der Waals surface area contributed by atoms with Gasteiger partial charge in [-0.15, -0.1) is 0 Å². The van der Waals surface area contributed by atoms with Crippen molar-refractivity contribution in [3.8, 4) is 0 Å². The molecule has 1 aliphatic heterocycles. The van der Waals surface area contributed by atoms with Gasteiger partial charge in [-0.1, -0.05) is 12.1 Å². The zero-order chi connectivity index (χ0) is 16.5. The Hall–Kier alpha value is -2.30. The van der Waals surface area contributed by atoms with E-state index >= 15 is 0 Å². The van der Waals surface area contributed by atoms with Crippen molar-refractivity contribution in [1.82, 2.24) is 14.9 Å². The molecule has 1 fully saturated rings. The second-order valence-electron chi connectivity index (χ2n) is 6.76. The first-order valence-electron chi connectivity index (χ1n) is 8.53. The van der Waals surface area contributed by atoms with E-state index in [0.29, 0.717) is 25.3 Å². The molecule has 2 aliphatic rings. The van der Waals surface area contributed by atoms with Gasteiger partial charge in [-0.05, 0) is 36.5 Å². The first-order chi connectivity index (χ1) is 11.7. The molecule has 2 heterocycles. The number of hydrogen-bond acceptors (Lipinski definition) is 3. The lowest BCUT2D eigenvalue weighted by Crippen LogP contribution is -2.37. The van der Waals surface area contributed by atoms with E-state index in [1.54, 1.807) is 18.5 Å². The summed E-state index contributed by atoms with van der Waals surface area (Å²) in [5, 5.41) is 0. The third-order valence-corrected chi connectivity index (χ3v) is 4.89. The Morgan fingerprint density at radius 2 is 2.00 bits per heavy atom. The van der Waals surface area contributed by atoms with E-state index < -0.39 is 0 Å². The fourth-order valence-electron chi connectivity index (χ4n) is 3.26. The normalized spacial score (nSPS) is 16.8. The summed E-state index contributed by atoms with van der Waals surface area (Å²) in [5.74, 6) is 0.615. The molecule has 0 radical (unpaired) electrons. The molecule has 0 atom stereocenters. The highest BCUT2D eigenvalue weighted by atomic mass is 19.1. The SMILES string of the molecule is O=C(CC1CC1)N1CCc2ncnc(Cc3ccc(F)cc3)c2C1. The van der Waals surface area contributed by atoms with E-state index in [4.69, 9.17) is 0 Å². The summed E-state index contributed by atoms with van der Waals surface area (Å²) < 4.78 is 13.1. The molecule has 5 heteroatoms. The van der Waals surface area contributed by atoms with Crippen LogP contribution in [0.5, 0.6) is 0 Å². The highest BCUT2D eigenvalue weighted by molar-refractivity contribution is 5.77. The first kappa shape index (κ1) is 15.2. The fraction of sp³-hybridized carbons (Fsp3) is 0.421. The number of carbonyl (C=O) groups is 1. The van der Waals surface area contributed by atoms with E-state index in [1.165, 1.54) is 25.0 Å². The van der Waals surface area contributed by atoms with Crippen LogP contribution in [0, 0.1) is 11.7 Å². The van der Waals surface area contributed by atoms with Gasteiger partial charge in [-0.2, -0.15) is 0 Å². The van der Waals surface area contributed by atoms with Gasteiger partial charge < -0.3 is 4.90 Å². The number of benzene rings is 1. The first-order valence-corrected chi connectivity index (χ1v) is 8.53. The van der Waals surface area contributed by atoms with E-state index in [-0.39, 0.29) is 11.7 Å². The second-order valence-corrected chi connectivity index (χ2v) is 6.76. The molecule has 1 aliphatic carbocycles. The van der Waals surface area contributed by atoms with Crippen LogP contribution in [-0.2, 0) is 24.2 Å². The van der Waals surface area contributed by atoms with E-state index in [1.807, 2.05) is 4.90 Å². The standard InChI is InChI=1S/C19H20FN3O/c20-15-5-3-13(4-6-15)9-18-16-11-23(19(24)10-14-1-2-14)8-7-17(16)21-12-22-18/h3-6,12,14H,1-2,7-11H2. The Morgan fingerprint density at radius 3 is 2.75 bits per heavy atom. The van der Waals surface area contributed by atoms with Crippen molar-refractivity contribution in [2.24, 2.45) is 5.92 Å². The Bertz CT molecular complexity index is 756. The van der Waals surface area contributed by atoms with Gasteiger partial charge >= 0.3 is 0 Å². The Morgan fingerprint density at radius 1 is 1.21 bits per heavy atom. The molecule has 1 aromatic carbocycles. The third-order valence-electron chi connectivity index (χ3n) is 4.89. The summed E-state index contributed by atoms with van der Waals surface area (Å²) in [4.78, 5) is 23.2.